The number of pyridine rings is 1. The lowest BCUT2D eigenvalue weighted by Gasteiger charge is -2.37. The molecule has 3 amide bonds. The molecule has 0 spiro atoms. The molecule has 8 nitrogen and oxygen atoms in total. The van der Waals surface area contributed by atoms with Crippen molar-refractivity contribution in [2.45, 2.75) is 63.3 Å². The Morgan fingerprint density at radius 3 is 2.58 bits per heavy atom. The molecule has 8 heteroatoms. The van der Waals surface area contributed by atoms with Crippen molar-refractivity contribution in [3.8, 4) is 0 Å². The minimum absolute atomic E-state index is 0.0554. The van der Waals surface area contributed by atoms with E-state index in [4.69, 9.17) is 4.74 Å². The molecule has 2 atom stereocenters. The van der Waals surface area contributed by atoms with Gasteiger partial charge in [0.05, 0.1) is 18.4 Å². The Morgan fingerprint density at radius 1 is 1.08 bits per heavy atom. The number of nitrogens with zero attached hydrogens (tertiary/aromatic N) is 3. The summed E-state index contributed by atoms with van der Waals surface area (Å²) in [5.41, 5.74) is 0.198. The van der Waals surface area contributed by atoms with E-state index in [0.29, 0.717) is 31.6 Å². The van der Waals surface area contributed by atoms with Crippen molar-refractivity contribution in [2.75, 3.05) is 19.7 Å². The van der Waals surface area contributed by atoms with Crippen LogP contribution in [0.1, 0.15) is 56.7 Å². The number of hydrogen-bond donors (Lipinski definition) is 0. The van der Waals surface area contributed by atoms with Crippen LogP contribution in [-0.4, -0.2) is 64.2 Å². The van der Waals surface area contributed by atoms with Crippen molar-refractivity contribution in [1.29, 1.82) is 0 Å². The molecule has 0 bridgehead atoms. The molecule has 2 aromatic rings. The van der Waals surface area contributed by atoms with Gasteiger partial charge in [0.1, 0.15) is 0 Å². The molecule has 0 saturated carbocycles. The Kier molecular flexibility index (Phi) is 8.13. The predicted octanol–water partition coefficient (Wildman–Crippen LogP) is 3.05. The molecule has 2 aliphatic rings. The van der Waals surface area contributed by atoms with Gasteiger partial charge >= 0.3 is 5.97 Å². The maximum absolute atomic E-state index is 13.9. The molecule has 2 fully saturated rings. The van der Waals surface area contributed by atoms with E-state index in [9.17, 15) is 19.2 Å². The number of hydrogen-bond acceptors (Lipinski definition) is 6. The van der Waals surface area contributed by atoms with Crippen LogP contribution in [0.2, 0.25) is 0 Å². The monoisotopic (exact) mass is 491 g/mol. The summed E-state index contributed by atoms with van der Waals surface area (Å²) in [6, 6.07) is 14.4. The van der Waals surface area contributed by atoms with E-state index in [0.717, 1.165) is 18.5 Å². The second kappa shape index (κ2) is 11.5. The fourth-order valence-corrected chi connectivity index (χ4v) is 5.34. The normalized spacial score (nSPS) is 22.1. The topological polar surface area (TPSA) is 96.9 Å². The zero-order chi connectivity index (χ0) is 25.5. The predicted molar refractivity (Wildman–Crippen MR) is 133 cm³/mol. The Hall–Kier alpha value is -3.55. The van der Waals surface area contributed by atoms with E-state index in [1.807, 2.05) is 48.5 Å². The van der Waals surface area contributed by atoms with E-state index < -0.39 is 5.41 Å². The largest absolute Gasteiger partial charge is 0.466 e. The van der Waals surface area contributed by atoms with Crippen molar-refractivity contribution in [3.05, 3.63) is 66.0 Å². The van der Waals surface area contributed by atoms with Gasteiger partial charge in [0.25, 0.3) is 0 Å². The Bertz CT molecular complexity index is 1090. The molecule has 1 aromatic heterocycles. The lowest BCUT2D eigenvalue weighted by Crippen LogP contribution is -2.49. The highest BCUT2D eigenvalue weighted by Gasteiger charge is 2.54. The first-order valence-electron chi connectivity index (χ1n) is 12.7. The smallest absolute Gasteiger partial charge is 0.307 e. The summed E-state index contributed by atoms with van der Waals surface area (Å²) in [7, 11) is 0. The van der Waals surface area contributed by atoms with Gasteiger partial charge in [-0.05, 0) is 43.9 Å². The highest BCUT2D eigenvalue weighted by Crippen LogP contribution is 2.41. The Morgan fingerprint density at radius 2 is 1.86 bits per heavy atom. The van der Waals surface area contributed by atoms with Crippen molar-refractivity contribution in [1.82, 2.24) is 14.8 Å². The third kappa shape index (κ3) is 5.48. The van der Waals surface area contributed by atoms with Crippen LogP contribution >= 0.6 is 0 Å². The molecule has 190 valence electrons. The summed E-state index contributed by atoms with van der Waals surface area (Å²) < 4.78 is 5.12. The summed E-state index contributed by atoms with van der Waals surface area (Å²) >= 11 is 0. The number of likely N-dealkylation sites (tertiary alicyclic amines) is 2. The highest BCUT2D eigenvalue weighted by molar-refractivity contribution is 6.10. The van der Waals surface area contributed by atoms with Gasteiger partial charge in [-0.25, -0.2) is 0 Å². The zero-order valence-electron chi connectivity index (χ0n) is 20.7. The number of rotatable bonds is 9. The standard InChI is InChI=1S/C28H33N3O5/c1-2-36-26(34)18-23-13-7-9-16-30(23)24(32)19-28(21-10-4-3-5-11-21)20-25(33)31(27(28)35)17-14-22-12-6-8-15-29-22/h3-6,8,10-12,15,23H,2,7,9,13-14,16-20H2,1H3/t23-,28-/m0/s1. The van der Waals surface area contributed by atoms with Gasteiger partial charge < -0.3 is 9.64 Å². The Labute approximate surface area is 211 Å². The molecule has 0 unspecified atom stereocenters. The lowest BCUT2D eigenvalue weighted by atomic mass is 9.75. The second-order valence-corrected chi connectivity index (χ2v) is 9.47. The van der Waals surface area contributed by atoms with Crippen LogP contribution in [0.25, 0.3) is 0 Å². The molecule has 4 rings (SSSR count). The number of carbonyl (C=O) groups excluding carboxylic acids is 4. The van der Waals surface area contributed by atoms with Gasteiger partial charge in [0.15, 0.2) is 0 Å². The summed E-state index contributed by atoms with van der Waals surface area (Å²) in [6.07, 6.45) is 4.59. The van der Waals surface area contributed by atoms with Crippen LogP contribution < -0.4 is 0 Å². The van der Waals surface area contributed by atoms with E-state index in [2.05, 4.69) is 4.98 Å². The van der Waals surface area contributed by atoms with Crippen LogP contribution in [0, 0.1) is 0 Å². The average Bonchev–Trinajstić information content (AvgIpc) is 3.13. The molecule has 1 aromatic carbocycles. The molecule has 2 saturated heterocycles. The average molecular weight is 492 g/mol. The first-order chi connectivity index (χ1) is 17.4. The quantitative estimate of drug-likeness (QED) is 0.395. The number of esters is 1. The minimum atomic E-state index is -1.26. The number of carbonyl (C=O) groups is 4. The first kappa shape index (κ1) is 25.5. The number of piperidine rings is 1. The maximum Gasteiger partial charge on any atom is 0.307 e. The van der Waals surface area contributed by atoms with Crippen molar-refractivity contribution in [3.63, 3.8) is 0 Å². The third-order valence-electron chi connectivity index (χ3n) is 7.16. The SMILES string of the molecule is CCOC(=O)C[C@@H]1CCCCN1C(=O)C[C@@]1(c2ccccc2)CC(=O)N(CCc2ccccn2)C1=O. The number of imide groups is 1. The minimum Gasteiger partial charge on any atom is -0.466 e. The van der Waals surface area contributed by atoms with Gasteiger partial charge in [0.2, 0.25) is 17.7 Å². The summed E-state index contributed by atoms with van der Waals surface area (Å²) in [6.45, 7) is 2.79. The molecule has 0 aliphatic carbocycles. The number of ether oxygens (including phenoxy) is 1. The van der Waals surface area contributed by atoms with Gasteiger partial charge in [-0.1, -0.05) is 36.4 Å². The highest BCUT2D eigenvalue weighted by atomic mass is 16.5. The van der Waals surface area contributed by atoms with Crippen LogP contribution in [0.5, 0.6) is 0 Å². The van der Waals surface area contributed by atoms with Crippen molar-refractivity contribution in [2.24, 2.45) is 0 Å². The number of benzene rings is 1. The summed E-state index contributed by atoms with van der Waals surface area (Å²) in [5, 5.41) is 0. The fraction of sp³-hybridized carbons (Fsp3) is 0.464. The first-order valence-corrected chi connectivity index (χ1v) is 12.7. The molecular formula is C28H33N3O5. The van der Waals surface area contributed by atoms with Crippen molar-refractivity contribution < 1.29 is 23.9 Å². The van der Waals surface area contributed by atoms with Crippen LogP contribution in [0.15, 0.2) is 54.7 Å². The molecular weight excluding hydrogens is 458 g/mol. The van der Waals surface area contributed by atoms with E-state index in [1.54, 1.807) is 18.0 Å². The van der Waals surface area contributed by atoms with Crippen molar-refractivity contribution >= 4 is 23.7 Å². The summed E-state index contributed by atoms with van der Waals surface area (Å²) in [5.74, 6) is -1.16. The van der Waals surface area contributed by atoms with Crippen LogP contribution in [0.4, 0.5) is 0 Å². The van der Waals surface area contributed by atoms with Gasteiger partial charge in [-0.2, -0.15) is 0 Å². The van der Waals surface area contributed by atoms with Gasteiger partial charge in [0, 0.05) is 50.3 Å². The Balaban J connectivity index is 1.57. The van der Waals surface area contributed by atoms with Gasteiger partial charge in [-0.3, -0.25) is 29.1 Å². The number of amides is 3. The lowest BCUT2D eigenvalue weighted by molar-refractivity contribution is -0.148. The third-order valence-corrected chi connectivity index (χ3v) is 7.16. The molecule has 36 heavy (non-hydrogen) atoms. The molecule has 2 aliphatic heterocycles. The van der Waals surface area contributed by atoms with E-state index in [1.165, 1.54) is 4.90 Å². The van der Waals surface area contributed by atoms with Crippen LogP contribution in [-0.2, 0) is 35.8 Å². The summed E-state index contributed by atoms with van der Waals surface area (Å²) in [4.78, 5) is 60.2. The van der Waals surface area contributed by atoms with Gasteiger partial charge in [-0.15, -0.1) is 0 Å². The maximum atomic E-state index is 13.9. The zero-order valence-corrected chi connectivity index (χ0v) is 20.7. The van der Waals surface area contributed by atoms with Crippen LogP contribution in [0.3, 0.4) is 0 Å². The number of aromatic nitrogens is 1. The second-order valence-electron chi connectivity index (χ2n) is 9.47. The van der Waals surface area contributed by atoms with E-state index >= 15 is 0 Å². The molecule has 0 radical (unpaired) electrons. The van der Waals surface area contributed by atoms with E-state index in [-0.39, 0.29) is 55.5 Å². The fourth-order valence-electron chi connectivity index (χ4n) is 5.34. The molecule has 0 N–H and O–H groups in total. The molecule has 3 heterocycles.